The van der Waals surface area contributed by atoms with Gasteiger partial charge in [0.15, 0.2) is 0 Å². The summed E-state index contributed by atoms with van der Waals surface area (Å²) in [5, 5.41) is 13.2. The highest BCUT2D eigenvalue weighted by Crippen LogP contribution is 2.38. The molecule has 2 aromatic rings. The SMILES string of the molecule is N#Cc1c(NC(=O)[C@H]2COc3ccccc3C2)sc2c1CCCC2. The van der Waals surface area contributed by atoms with E-state index in [0.29, 0.717) is 23.6 Å². The lowest BCUT2D eigenvalue weighted by atomic mass is 9.95. The van der Waals surface area contributed by atoms with E-state index in [1.807, 2.05) is 24.3 Å². The van der Waals surface area contributed by atoms with E-state index >= 15 is 0 Å². The number of ether oxygens (including phenoxy) is 1. The predicted octanol–water partition coefficient (Wildman–Crippen LogP) is 3.69. The fourth-order valence-electron chi connectivity index (χ4n) is 3.48. The van der Waals surface area contributed by atoms with Crippen molar-refractivity contribution in [1.82, 2.24) is 0 Å². The summed E-state index contributed by atoms with van der Waals surface area (Å²) >= 11 is 1.57. The third-order valence-electron chi connectivity index (χ3n) is 4.77. The van der Waals surface area contributed by atoms with Crippen LogP contribution >= 0.6 is 11.3 Å². The molecule has 24 heavy (non-hydrogen) atoms. The van der Waals surface area contributed by atoms with Crippen LogP contribution in [0.15, 0.2) is 24.3 Å². The highest BCUT2D eigenvalue weighted by Gasteiger charge is 2.28. The third-order valence-corrected chi connectivity index (χ3v) is 5.98. The first-order valence-corrected chi connectivity index (χ1v) is 9.14. The monoisotopic (exact) mass is 338 g/mol. The third kappa shape index (κ3) is 2.67. The van der Waals surface area contributed by atoms with Gasteiger partial charge in [0, 0.05) is 4.88 Å². The van der Waals surface area contributed by atoms with Crippen LogP contribution in [0.25, 0.3) is 0 Å². The first-order chi connectivity index (χ1) is 11.8. The Bertz CT molecular complexity index is 834. The molecule has 122 valence electrons. The number of nitrogens with one attached hydrogen (secondary N) is 1. The summed E-state index contributed by atoms with van der Waals surface area (Å²) in [6.45, 7) is 0.385. The molecule has 1 aliphatic carbocycles. The zero-order valence-electron chi connectivity index (χ0n) is 13.3. The second-order valence-corrected chi connectivity index (χ2v) is 7.44. The number of carbonyl (C=O) groups is 1. The number of anilines is 1. The van der Waals surface area contributed by atoms with Gasteiger partial charge in [-0.25, -0.2) is 0 Å². The number of benzene rings is 1. The molecule has 0 spiro atoms. The van der Waals surface area contributed by atoms with Gasteiger partial charge in [0.05, 0.1) is 11.5 Å². The van der Waals surface area contributed by atoms with Gasteiger partial charge in [-0.15, -0.1) is 11.3 Å². The molecule has 1 atom stereocenters. The van der Waals surface area contributed by atoms with E-state index in [4.69, 9.17) is 4.74 Å². The minimum Gasteiger partial charge on any atom is -0.492 e. The van der Waals surface area contributed by atoms with Crippen LogP contribution in [0.1, 0.15) is 34.4 Å². The molecule has 0 unspecified atom stereocenters. The lowest BCUT2D eigenvalue weighted by molar-refractivity contribution is -0.121. The number of fused-ring (bicyclic) bond motifs is 2. The van der Waals surface area contributed by atoms with E-state index in [0.717, 1.165) is 36.1 Å². The molecule has 0 fully saturated rings. The average Bonchev–Trinajstić information content (AvgIpc) is 2.98. The second kappa shape index (κ2) is 6.29. The normalized spacial score (nSPS) is 18.7. The number of hydrogen-bond donors (Lipinski definition) is 1. The van der Waals surface area contributed by atoms with Gasteiger partial charge in [-0.3, -0.25) is 4.79 Å². The van der Waals surface area contributed by atoms with E-state index in [9.17, 15) is 10.1 Å². The number of aryl methyl sites for hydroxylation is 1. The Morgan fingerprint density at radius 2 is 2.12 bits per heavy atom. The van der Waals surface area contributed by atoms with E-state index in [1.165, 1.54) is 11.3 Å². The van der Waals surface area contributed by atoms with Crippen LogP contribution in [-0.4, -0.2) is 12.5 Å². The molecule has 1 aromatic heterocycles. The lowest BCUT2D eigenvalue weighted by Crippen LogP contribution is -2.32. The Kier molecular flexibility index (Phi) is 3.99. The largest absolute Gasteiger partial charge is 0.492 e. The Labute approximate surface area is 145 Å². The van der Waals surface area contributed by atoms with Crippen molar-refractivity contribution in [3.05, 3.63) is 45.8 Å². The number of hydrogen-bond acceptors (Lipinski definition) is 4. The first kappa shape index (κ1) is 15.2. The maximum Gasteiger partial charge on any atom is 0.231 e. The lowest BCUT2D eigenvalue weighted by Gasteiger charge is -2.24. The molecule has 0 saturated heterocycles. The number of amides is 1. The van der Waals surface area contributed by atoms with Crippen molar-refractivity contribution in [3.8, 4) is 11.8 Å². The summed E-state index contributed by atoms with van der Waals surface area (Å²) in [5.74, 6) is 0.594. The molecule has 0 saturated carbocycles. The number of para-hydroxylation sites is 1. The summed E-state index contributed by atoms with van der Waals surface area (Å²) in [7, 11) is 0. The van der Waals surface area contributed by atoms with Gasteiger partial charge >= 0.3 is 0 Å². The van der Waals surface area contributed by atoms with Crippen molar-refractivity contribution in [1.29, 1.82) is 5.26 Å². The standard InChI is InChI=1S/C19H18N2O2S/c20-10-15-14-6-2-4-8-17(14)24-19(15)21-18(22)13-9-12-5-1-3-7-16(12)23-11-13/h1,3,5,7,13H,2,4,6,8-9,11H2,(H,21,22)/t13-/m1/s1. The molecule has 0 bridgehead atoms. The highest BCUT2D eigenvalue weighted by atomic mass is 32.1. The quantitative estimate of drug-likeness (QED) is 0.908. The van der Waals surface area contributed by atoms with Crippen LogP contribution < -0.4 is 10.1 Å². The zero-order chi connectivity index (χ0) is 16.5. The predicted molar refractivity (Wildman–Crippen MR) is 93.4 cm³/mol. The van der Waals surface area contributed by atoms with Gasteiger partial charge in [-0.2, -0.15) is 5.26 Å². The highest BCUT2D eigenvalue weighted by molar-refractivity contribution is 7.16. The summed E-state index contributed by atoms with van der Waals surface area (Å²) in [6, 6.07) is 10.1. The molecule has 2 heterocycles. The fraction of sp³-hybridized carbons (Fsp3) is 0.368. The summed E-state index contributed by atoms with van der Waals surface area (Å²) in [4.78, 5) is 13.9. The van der Waals surface area contributed by atoms with Gasteiger partial charge in [0.25, 0.3) is 0 Å². The smallest absolute Gasteiger partial charge is 0.231 e. The van der Waals surface area contributed by atoms with Crippen molar-refractivity contribution in [2.24, 2.45) is 5.92 Å². The summed E-state index contributed by atoms with van der Waals surface area (Å²) in [5.41, 5.74) is 2.88. The van der Waals surface area contributed by atoms with E-state index < -0.39 is 0 Å². The van der Waals surface area contributed by atoms with Crippen LogP contribution in [-0.2, 0) is 24.1 Å². The Morgan fingerprint density at radius 3 is 3.00 bits per heavy atom. The molecular formula is C19H18N2O2S. The number of nitrogens with zero attached hydrogens (tertiary/aromatic N) is 1. The molecule has 0 radical (unpaired) electrons. The van der Waals surface area contributed by atoms with Crippen LogP contribution in [0, 0.1) is 17.2 Å². The van der Waals surface area contributed by atoms with Crippen molar-refractivity contribution in [2.45, 2.75) is 32.1 Å². The van der Waals surface area contributed by atoms with Crippen LogP contribution in [0.5, 0.6) is 5.75 Å². The maximum absolute atomic E-state index is 12.7. The average molecular weight is 338 g/mol. The molecular weight excluding hydrogens is 320 g/mol. The van der Waals surface area contributed by atoms with E-state index in [-0.39, 0.29) is 11.8 Å². The van der Waals surface area contributed by atoms with Crippen LogP contribution in [0.3, 0.4) is 0 Å². The molecule has 1 aliphatic heterocycles. The minimum absolute atomic E-state index is 0.0559. The van der Waals surface area contributed by atoms with E-state index in [2.05, 4.69) is 11.4 Å². The van der Waals surface area contributed by atoms with E-state index in [1.54, 1.807) is 11.3 Å². The number of thiophene rings is 1. The summed E-state index contributed by atoms with van der Waals surface area (Å²) < 4.78 is 5.71. The first-order valence-electron chi connectivity index (χ1n) is 8.32. The topological polar surface area (TPSA) is 62.1 Å². The molecule has 1 aromatic carbocycles. The van der Waals surface area contributed by atoms with Crippen LogP contribution in [0.2, 0.25) is 0 Å². The number of nitriles is 1. The Morgan fingerprint density at radius 1 is 1.29 bits per heavy atom. The molecule has 5 heteroatoms. The second-order valence-electron chi connectivity index (χ2n) is 6.34. The van der Waals surface area contributed by atoms with Gasteiger partial charge in [0.1, 0.15) is 23.4 Å². The minimum atomic E-state index is -0.217. The Hall–Kier alpha value is -2.32. The molecule has 4 nitrogen and oxygen atoms in total. The molecule has 4 rings (SSSR count). The number of carbonyl (C=O) groups excluding carboxylic acids is 1. The Balaban J connectivity index is 1.53. The van der Waals surface area contributed by atoms with Gasteiger partial charge < -0.3 is 10.1 Å². The fourth-order valence-corrected chi connectivity index (χ4v) is 4.73. The van der Waals surface area contributed by atoms with Crippen molar-refractivity contribution in [2.75, 3.05) is 11.9 Å². The molecule has 1 N–H and O–H groups in total. The van der Waals surface area contributed by atoms with Crippen molar-refractivity contribution < 1.29 is 9.53 Å². The maximum atomic E-state index is 12.7. The molecule has 1 amide bonds. The molecule has 2 aliphatic rings. The van der Waals surface area contributed by atoms with Crippen molar-refractivity contribution >= 4 is 22.2 Å². The van der Waals surface area contributed by atoms with Gasteiger partial charge in [-0.1, -0.05) is 18.2 Å². The van der Waals surface area contributed by atoms with Gasteiger partial charge in [0.2, 0.25) is 5.91 Å². The summed E-state index contributed by atoms with van der Waals surface area (Å²) in [6.07, 6.45) is 4.93. The number of rotatable bonds is 2. The zero-order valence-corrected chi connectivity index (χ0v) is 14.1. The van der Waals surface area contributed by atoms with Gasteiger partial charge in [-0.05, 0) is 49.3 Å². The van der Waals surface area contributed by atoms with Crippen LogP contribution in [0.4, 0.5) is 5.00 Å². The van der Waals surface area contributed by atoms with Crippen molar-refractivity contribution in [3.63, 3.8) is 0 Å².